The topological polar surface area (TPSA) is 71.3 Å². The first-order chi connectivity index (χ1) is 7.29. The van der Waals surface area contributed by atoms with Crippen molar-refractivity contribution in [1.29, 1.82) is 0 Å². The van der Waals surface area contributed by atoms with Gasteiger partial charge in [0.15, 0.2) is 0 Å². The lowest BCUT2D eigenvalue weighted by atomic mass is 10.2. The third-order valence-corrected chi connectivity index (χ3v) is 2.40. The summed E-state index contributed by atoms with van der Waals surface area (Å²) in [6.45, 7) is 2.47. The molecule has 1 N–H and O–H groups in total. The molecule has 6 nitrogen and oxygen atoms in total. The summed E-state index contributed by atoms with van der Waals surface area (Å²) in [7, 11) is 0. The van der Waals surface area contributed by atoms with Gasteiger partial charge < -0.3 is 4.90 Å². The fourth-order valence-corrected chi connectivity index (χ4v) is 1.68. The van der Waals surface area contributed by atoms with Crippen LogP contribution in [0.3, 0.4) is 0 Å². The summed E-state index contributed by atoms with van der Waals surface area (Å²) in [4.78, 5) is 16.1. The molecule has 80 valence electrons. The summed E-state index contributed by atoms with van der Waals surface area (Å²) in [6, 6.07) is 1.69. The molecule has 0 atom stereocenters. The van der Waals surface area contributed by atoms with Gasteiger partial charge in [0.25, 0.3) is 0 Å². The van der Waals surface area contributed by atoms with Crippen molar-refractivity contribution < 1.29 is 4.92 Å². The highest BCUT2D eigenvalue weighted by molar-refractivity contribution is 5.61. The van der Waals surface area contributed by atoms with E-state index >= 15 is 0 Å². The minimum Gasteiger partial charge on any atom is -0.353 e. The van der Waals surface area contributed by atoms with Crippen LogP contribution >= 0.6 is 0 Å². The van der Waals surface area contributed by atoms with Gasteiger partial charge in [0.05, 0.1) is 11.6 Å². The van der Waals surface area contributed by atoms with E-state index < -0.39 is 4.92 Å². The average Bonchev–Trinajstić information content (AvgIpc) is 2.30. The first-order valence-electron chi connectivity index (χ1n) is 4.83. The first-order valence-corrected chi connectivity index (χ1v) is 4.83. The molecule has 1 aliphatic rings. The Kier molecular flexibility index (Phi) is 2.77. The second kappa shape index (κ2) is 4.22. The molecule has 1 aromatic rings. The Hall–Kier alpha value is -1.69. The molecule has 1 aromatic heterocycles. The van der Waals surface area contributed by atoms with E-state index in [1.54, 1.807) is 12.3 Å². The minimum absolute atomic E-state index is 0.0706. The lowest BCUT2D eigenvalue weighted by Crippen LogP contribution is -2.41. The van der Waals surface area contributed by atoms with Crippen LogP contribution in [0, 0.1) is 10.1 Å². The van der Waals surface area contributed by atoms with Gasteiger partial charge in [0.1, 0.15) is 11.9 Å². The molecule has 0 bridgehead atoms. The molecule has 1 saturated heterocycles. The van der Waals surface area contributed by atoms with Crippen LogP contribution in [0.5, 0.6) is 0 Å². The molecule has 2 heterocycles. The average molecular weight is 208 g/mol. The van der Waals surface area contributed by atoms with E-state index in [9.17, 15) is 10.1 Å². The van der Waals surface area contributed by atoms with Gasteiger partial charge in [0, 0.05) is 12.7 Å². The fourth-order valence-electron chi connectivity index (χ4n) is 1.68. The number of aromatic nitrogens is 1. The number of pyridine rings is 1. The lowest BCUT2D eigenvalue weighted by molar-refractivity contribution is -0.384. The van der Waals surface area contributed by atoms with Crippen LogP contribution in [0.4, 0.5) is 11.4 Å². The highest BCUT2D eigenvalue weighted by atomic mass is 16.6. The molecule has 6 heteroatoms. The number of nitrogens with one attached hydrogen (secondary N) is 1. The molecule has 15 heavy (non-hydrogen) atoms. The van der Waals surface area contributed by atoms with Gasteiger partial charge in [-0.3, -0.25) is 20.4 Å². The molecule has 0 spiro atoms. The van der Waals surface area contributed by atoms with E-state index in [1.165, 1.54) is 6.20 Å². The number of hydrogen-bond donors (Lipinski definition) is 1. The van der Waals surface area contributed by atoms with Gasteiger partial charge in [-0.25, -0.2) is 0 Å². The van der Waals surface area contributed by atoms with E-state index in [1.807, 2.05) is 4.90 Å². The normalized spacial score (nSPS) is 16.4. The fraction of sp³-hybridized carbons (Fsp3) is 0.444. The smallest absolute Gasteiger partial charge is 0.310 e. The summed E-state index contributed by atoms with van der Waals surface area (Å²) in [6.07, 6.45) is 3.88. The van der Waals surface area contributed by atoms with Gasteiger partial charge in [0.2, 0.25) is 0 Å². The zero-order valence-corrected chi connectivity index (χ0v) is 8.22. The SMILES string of the molecule is O=[N+]([O-])c1cnccc1N1CCCNC1. The number of hydrogen-bond acceptors (Lipinski definition) is 5. The van der Waals surface area contributed by atoms with Gasteiger partial charge >= 0.3 is 5.69 Å². The number of nitro groups is 1. The lowest BCUT2D eigenvalue weighted by Gasteiger charge is -2.28. The highest BCUT2D eigenvalue weighted by Crippen LogP contribution is 2.26. The van der Waals surface area contributed by atoms with Crippen LogP contribution in [-0.4, -0.2) is 29.7 Å². The van der Waals surface area contributed by atoms with Crippen molar-refractivity contribution in [2.45, 2.75) is 6.42 Å². The Bertz CT molecular complexity index is 363. The van der Waals surface area contributed by atoms with Crippen LogP contribution in [0.1, 0.15) is 6.42 Å². The molecule has 1 aliphatic heterocycles. The number of anilines is 1. The maximum absolute atomic E-state index is 10.8. The zero-order chi connectivity index (χ0) is 10.7. The van der Waals surface area contributed by atoms with Crippen molar-refractivity contribution in [3.63, 3.8) is 0 Å². The maximum Gasteiger partial charge on any atom is 0.310 e. The van der Waals surface area contributed by atoms with Gasteiger partial charge in [-0.15, -0.1) is 0 Å². The first kappa shape index (κ1) is 9.85. The summed E-state index contributed by atoms with van der Waals surface area (Å²) >= 11 is 0. The molecule has 0 aromatic carbocycles. The second-order valence-electron chi connectivity index (χ2n) is 3.40. The minimum atomic E-state index is -0.392. The van der Waals surface area contributed by atoms with Crippen molar-refractivity contribution >= 4 is 11.4 Å². The molecule has 0 radical (unpaired) electrons. The zero-order valence-electron chi connectivity index (χ0n) is 8.22. The Balaban J connectivity index is 2.29. The van der Waals surface area contributed by atoms with Crippen LogP contribution in [-0.2, 0) is 0 Å². The molecule has 0 amide bonds. The highest BCUT2D eigenvalue weighted by Gasteiger charge is 2.20. The molecule has 0 aliphatic carbocycles. The van der Waals surface area contributed by atoms with Crippen LogP contribution < -0.4 is 10.2 Å². The molecule has 2 rings (SSSR count). The molecule has 0 unspecified atom stereocenters. The van der Waals surface area contributed by atoms with Crippen molar-refractivity contribution in [2.24, 2.45) is 0 Å². The Labute approximate surface area is 87.1 Å². The van der Waals surface area contributed by atoms with Crippen molar-refractivity contribution in [3.8, 4) is 0 Å². The van der Waals surface area contributed by atoms with Crippen LogP contribution in [0.2, 0.25) is 0 Å². The number of rotatable bonds is 2. The third-order valence-electron chi connectivity index (χ3n) is 2.40. The molecule has 0 saturated carbocycles. The van der Waals surface area contributed by atoms with Gasteiger partial charge in [-0.1, -0.05) is 0 Å². The summed E-state index contributed by atoms with van der Waals surface area (Å²) in [5.41, 5.74) is 0.711. The van der Waals surface area contributed by atoms with Gasteiger partial charge in [-0.05, 0) is 19.0 Å². The quantitative estimate of drug-likeness (QED) is 0.573. The van der Waals surface area contributed by atoms with Crippen molar-refractivity contribution in [1.82, 2.24) is 10.3 Å². The third kappa shape index (κ3) is 2.04. The Morgan fingerprint density at radius 3 is 3.13 bits per heavy atom. The predicted molar refractivity (Wildman–Crippen MR) is 55.7 cm³/mol. The molecular formula is C9H12N4O2. The summed E-state index contributed by atoms with van der Waals surface area (Å²) in [5, 5.41) is 14.0. The Morgan fingerprint density at radius 2 is 2.47 bits per heavy atom. The summed E-state index contributed by atoms with van der Waals surface area (Å²) in [5.74, 6) is 0. The predicted octanol–water partition coefficient (Wildman–Crippen LogP) is 0.747. The van der Waals surface area contributed by atoms with E-state index in [0.29, 0.717) is 12.4 Å². The van der Waals surface area contributed by atoms with E-state index in [2.05, 4.69) is 10.3 Å². The number of nitrogens with zero attached hydrogens (tertiary/aromatic N) is 3. The van der Waals surface area contributed by atoms with Gasteiger partial charge in [-0.2, -0.15) is 0 Å². The largest absolute Gasteiger partial charge is 0.353 e. The van der Waals surface area contributed by atoms with Crippen molar-refractivity contribution in [2.75, 3.05) is 24.7 Å². The standard InChI is InChI=1S/C9H12N4O2/c14-13(15)9-6-10-4-2-8(9)12-5-1-3-11-7-12/h2,4,6,11H,1,3,5,7H2. The van der Waals surface area contributed by atoms with E-state index in [-0.39, 0.29) is 5.69 Å². The molecular weight excluding hydrogens is 196 g/mol. The van der Waals surface area contributed by atoms with Crippen molar-refractivity contribution in [3.05, 3.63) is 28.6 Å². The summed E-state index contributed by atoms with van der Waals surface area (Å²) < 4.78 is 0. The van der Waals surface area contributed by atoms with Crippen LogP contribution in [0.15, 0.2) is 18.5 Å². The monoisotopic (exact) mass is 208 g/mol. The second-order valence-corrected chi connectivity index (χ2v) is 3.40. The van der Waals surface area contributed by atoms with E-state index in [0.717, 1.165) is 19.5 Å². The van der Waals surface area contributed by atoms with Crippen LogP contribution in [0.25, 0.3) is 0 Å². The molecule has 1 fully saturated rings. The van der Waals surface area contributed by atoms with E-state index in [4.69, 9.17) is 0 Å². The Morgan fingerprint density at radius 1 is 1.60 bits per heavy atom. The maximum atomic E-state index is 10.8.